The van der Waals surface area contributed by atoms with Gasteiger partial charge >= 0.3 is 0 Å². The van der Waals surface area contributed by atoms with E-state index in [9.17, 15) is 10.2 Å². The van der Waals surface area contributed by atoms with Crippen molar-refractivity contribution in [1.29, 1.82) is 0 Å². The molecule has 0 radical (unpaired) electrons. The molecule has 2 unspecified atom stereocenters. The molecular weight excluding hydrogens is 404 g/mol. The van der Waals surface area contributed by atoms with E-state index in [1.165, 1.54) is 0 Å². The topological polar surface area (TPSA) is 125 Å². The number of para-hydroxylation sites is 1. The number of piperazine rings is 1. The molecular formula is C24H38N6O2. The van der Waals surface area contributed by atoms with Gasteiger partial charge in [-0.1, -0.05) is 39.3 Å². The van der Waals surface area contributed by atoms with Crippen LogP contribution in [0.4, 0.5) is 11.5 Å². The Kier molecular flexibility index (Phi) is 7.92. The molecule has 0 spiro atoms. The Balaban J connectivity index is 0.00000141. The number of aromatic nitrogens is 2. The average Bonchev–Trinajstić information content (AvgIpc) is 3.02. The quantitative estimate of drug-likeness (QED) is 0.516. The molecule has 4 rings (SSSR count). The third kappa shape index (κ3) is 4.98. The van der Waals surface area contributed by atoms with Gasteiger partial charge in [0, 0.05) is 43.8 Å². The van der Waals surface area contributed by atoms with E-state index in [0.717, 1.165) is 38.0 Å². The molecule has 1 aromatic heterocycles. The number of benzene rings is 1. The molecule has 3 heterocycles. The van der Waals surface area contributed by atoms with Gasteiger partial charge in [0.05, 0.1) is 17.0 Å². The van der Waals surface area contributed by atoms with Crippen molar-refractivity contribution < 1.29 is 10.2 Å². The van der Waals surface area contributed by atoms with E-state index in [-0.39, 0.29) is 12.3 Å². The minimum absolute atomic E-state index is 0.171. The number of nitrogens with two attached hydrogens (primary N) is 2. The van der Waals surface area contributed by atoms with Crippen LogP contribution in [-0.2, 0) is 0 Å². The van der Waals surface area contributed by atoms with Crippen molar-refractivity contribution in [3.05, 3.63) is 30.3 Å². The molecule has 2 aliphatic rings. The fourth-order valence-corrected chi connectivity index (χ4v) is 4.96. The van der Waals surface area contributed by atoms with Crippen molar-refractivity contribution in [2.75, 3.05) is 36.8 Å². The molecule has 176 valence electrons. The van der Waals surface area contributed by atoms with Gasteiger partial charge in [-0.25, -0.2) is 0 Å². The Morgan fingerprint density at radius 2 is 1.78 bits per heavy atom. The van der Waals surface area contributed by atoms with E-state index in [1.807, 2.05) is 32.0 Å². The molecule has 32 heavy (non-hydrogen) atoms. The normalized spacial score (nSPS) is 22.2. The Morgan fingerprint density at radius 3 is 2.38 bits per heavy atom. The van der Waals surface area contributed by atoms with Crippen LogP contribution >= 0.6 is 0 Å². The standard InChI is InChI=1S/C22H32N6O2.C2H6/c1-2-9-22(30,13-23)14-28-15-7-8-16(28)12-27(11-15)19-10-18(25-26-21(19)24)17-5-3-4-6-20(17)29;1-2/h3-6,10,15-16,29-30H,2,7-9,11-14,23H2,1H3,(H2,24,26);1-2H3/t15?,16?,22-;/m1./s1. The Labute approximate surface area is 191 Å². The number of rotatable bonds is 7. The number of hydrogen-bond acceptors (Lipinski definition) is 8. The molecule has 2 aromatic rings. The molecule has 2 fully saturated rings. The van der Waals surface area contributed by atoms with Gasteiger partial charge in [-0.05, 0) is 37.5 Å². The number of hydrogen-bond donors (Lipinski definition) is 4. The van der Waals surface area contributed by atoms with Crippen LogP contribution in [0, 0.1) is 0 Å². The van der Waals surface area contributed by atoms with Gasteiger partial charge < -0.3 is 26.6 Å². The lowest BCUT2D eigenvalue weighted by atomic mass is 9.96. The Bertz CT molecular complexity index is 881. The summed E-state index contributed by atoms with van der Waals surface area (Å²) >= 11 is 0. The van der Waals surface area contributed by atoms with Crippen molar-refractivity contribution in [3.63, 3.8) is 0 Å². The maximum atomic E-state index is 10.9. The molecule has 8 heteroatoms. The van der Waals surface area contributed by atoms with Gasteiger partial charge in [0.15, 0.2) is 5.82 Å². The maximum Gasteiger partial charge on any atom is 0.169 e. The average molecular weight is 443 g/mol. The number of aliphatic hydroxyl groups is 1. The summed E-state index contributed by atoms with van der Waals surface area (Å²) in [5.74, 6) is 0.566. The minimum atomic E-state index is -0.826. The summed E-state index contributed by atoms with van der Waals surface area (Å²) in [6.45, 7) is 8.62. The number of phenolic OH excluding ortho intramolecular Hbond substituents is 1. The van der Waals surface area contributed by atoms with Crippen LogP contribution < -0.4 is 16.4 Å². The first-order valence-electron chi connectivity index (χ1n) is 11.8. The van der Waals surface area contributed by atoms with E-state index in [4.69, 9.17) is 11.5 Å². The largest absolute Gasteiger partial charge is 0.507 e. The van der Waals surface area contributed by atoms with Crippen LogP contribution in [0.2, 0.25) is 0 Å². The van der Waals surface area contributed by atoms with Crippen LogP contribution in [0.1, 0.15) is 46.5 Å². The third-order valence-corrected chi connectivity index (χ3v) is 6.53. The fourth-order valence-electron chi connectivity index (χ4n) is 4.96. The Hall–Kier alpha value is -2.42. The van der Waals surface area contributed by atoms with Crippen LogP contribution in [0.3, 0.4) is 0 Å². The summed E-state index contributed by atoms with van der Waals surface area (Å²) in [5, 5.41) is 29.5. The molecule has 8 nitrogen and oxygen atoms in total. The molecule has 0 aliphatic carbocycles. The second-order valence-corrected chi connectivity index (χ2v) is 8.66. The van der Waals surface area contributed by atoms with Gasteiger partial charge in [0.1, 0.15) is 5.75 Å². The highest BCUT2D eigenvalue weighted by Crippen LogP contribution is 2.37. The molecule has 0 amide bonds. The third-order valence-electron chi connectivity index (χ3n) is 6.53. The molecule has 3 atom stereocenters. The summed E-state index contributed by atoms with van der Waals surface area (Å²) in [6, 6.07) is 9.71. The van der Waals surface area contributed by atoms with Crippen LogP contribution in [0.5, 0.6) is 5.75 Å². The predicted molar refractivity (Wildman–Crippen MR) is 130 cm³/mol. The van der Waals surface area contributed by atoms with Crippen molar-refractivity contribution >= 4 is 11.5 Å². The zero-order chi connectivity index (χ0) is 23.3. The first-order valence-corrected chi connectivity index (χ1v) is 11.8. The number of phenols is 1. The zero-order valence-electron chi connectivity index (χ0n) is 19.5. The van der Waals surface area contributed by atoms with Gasteiger partial charge in [0.25, 0.3) is 0 Å². The first kappa shape index (κ1) is 24.2. The smallest absolute Gasteiger partial charge is 0.169 e. The van der Waals surface area contributed by atoms with E-state index in [0.29, 0.717) is 42.1 Å². The highest BCUT2D eigenvalue weighted by Gasteiger charge is 2.43. The van der Waals surface area contributed by atoms with E-state index in [2.05, 4.69) is 26.9 Å². The summed E-state index contributed by atoms with van der Waals surface area (Å²) in [4.78, 5) is 4.71. The summed E-state index contributed by atoms with van der Waals surface area (Å²) in [6.07, 6.45) is 3.82. The lowest BCUT2D eigenvalue weighted by Crippen LogP contribution is -2.59. The minimum Gasteiger partial charge on any atom is -0.507 e. The SMILES string of the molecule is CC.CCC[C@@](O)(CN)CN1C2CCC1CN(c1cc(-c3ccccc3O)nnc1N)C2. The summed E-state index contributed by atoms with van der Waals surface area (Å²) < 4.78 is 0. The molecule has 1 aromatic carbocycles. The molecule has 6 N–H and O–H groups in total. The van der Waals surface area contributed by atoms with Crippen LogP contribution in [-0.4, -0.2) is 69.2 Å². The number of anilines is 2. The molecule has 0 saturated carbocycles. The van der Waals surface area contributed by atoms with Crippen molar-refractivity contribution in [1.82, 2.24) is 15.1 Å². The molecule has 2 bridgehead atoms. The molecule has 2 aliphatic heterocycles. The van der Waals surface area contributed by atoms with Crippen LogP contribution in [0.25, 0.3) is 11.3 Å². The van der Waals surface area contributed by atoms with Crippen LogP contribution in [0.15, 0.2) is 30.3 Å². The van der Waals surface area contributed by atoms with Crippen molar-refractivity contribution in [3.8, 4) is 17.0 Å². The first-order chi connectivity index (χ1) is 15.4. The van der Waals surface area contributed by atoms with Crippen molar-refractivity contribution in [2.24, 2.45) is 5.73 Å². The summed E-state index contributed by atoms with van der Waals surface area (Å²) in [5.41, 5.74) is 13.4. The fraction of sp³-hybridized carbons (Fsp3) is 0.583. The highest BCUT2D eigenvalue weighted by atomic mass is 16.3. The van der Waals surface area contributed by atoms with E-state index in [1.54, 1.807) is 12.1 Å². The monoisotopic (exact) mass is 442 g/mol. The van der Waals surface area contributed by atoms with E-state index >= 15 is 0 Å². The predicted octanol–water partition coefficient (Wildman–Crippen LogP) is 2.60. The molecule has 2 saturated heterocycles. The van der Waals surface area contributed by atoms with E-state index < -0.39 is 5.60 Å². The summed E-state index contributed by atoms with van der Waals surface area (Å²) in [7, 11) is 0. The lowest BCUT2D eigenvalue weighted by Gasteiger charge is -2.45. The maximum absolute atomic E-state index is 10.9. The highest BCUT2D eigenvalue weighted by molar-refractivity contribution is 5.74. The number of aromatic hydroxyl groups is 1. The van der Waals surface area contributed by atoms with Gasteiger partial charge in [-0.3, -0.25) is 4.90 Å². The number of fused-ring (bicyclic) bond motifs is 2. The van der Waals surface area contributed by atoms with Crippen molar-refractivity contribution in [2.45, 2.75) is 64.1 Å². The van der Waals surface area contributed by atoms with Gasteiger partial charge in [-0.2, -0.15) is 0 Å². The second-order valence-electron chi connectivity index (χ2n) is 8.66. The number of nitrogens with zero attached hydrogens (tertiary/aromatic N) is 4. The van der Waals surface area contributed by atoms with Gasteiger partial charge in [0.2, 0.25) is 0 Å². The second kappa shape index (κ2) is 10.5. The Morgan fingerprint density at radius 1 is 1.12 bits per heavy atom. The zero-order valence-corrected chi connectivity index (χ0v) is 19.5. The lowest BCUT2D eigenvalue weighted by molar-refractivity contribution is -0.0143. The number of nitrogen functional groups attached to an aromatic ring is 1. The van der Waals surface area contributed by atoms with Gasteiger partial charge in [-0.15, -0.1) is 10.2 Å².